The molecule has 1 aromatic carbocycles. The van der Waals surface area contributed by atoms with Gasteiger partial charge in [-0.2, -0.15) is 0 Å². The number of aliphatic hydroxyl groups excluding tert-OH is 2. The predicted octanol–water partition coefficient (Wildman–Crippen LogP) is 5.40. The maximum absolute atomic E-state index is 14.5. The number of rotatable bonds is 10. The van der Waals surface area contributed by atoms with Crippen LogP contribution in [0, 0.1) is 23.4 Å². The Morgan fingerprint density at radius 2 is 1.77 bits per heavy atom. The largest absolute Gasteiger partial charge is 0.395 e. The first kappa shape index (κ1) is 34.3. The quantitative estimate of drug-likeness (QED) is 0.127. The number of halogens is 5. The van der Waals surface area contributed by atoms with Crippen LogP contribution >= 0.6 is 10.9 Å². The number of aromatic nitrogens is 4. The van der Waals surface area contributed by atoms with Gasteiger partial charge in [0.15, 0.2) is 17.5 Å². The van der Waals surface area contributed by atoms with E-state index in [1.54, 1.807) is 0 Å². The van der Waals surface area contributed by atoms with Gasteiger partial charge in [-0.05, 0) is 50.2 Å². The van der Waals surface area contributed by atoms with Gasteiger partial charge in [-0.15, -0.1) is 5.10 Å². The SMILES string of the molecule is CO[C@H]1C[SH]([C@H](c2noc(C3CC3)c2CC(C)C)C2(O)CCC(F)(F)CC2)[C@H](CO)[C@H](O)[C@@H]1n1cc(-c2cc(F)c(F)c(F)c2)nn1. The third kappa shape index (κ3) is 6.57. The minimum absolute atomic E-state index is 0.0158. The Bertz CT molecular complexity index is 1550. The molecule has 2 aliphatic carbocycles. The fourth-order valence-electron chi connectivity index (χ4n) is 7.28. The van der Waals surface area contributed by atoms with E-state index in [1.165, 1.54) is 18.0 Å². The van der Waals surface area contributed by atoms with Crippen LogP contribution in [-0.2, 0) is 11.2 Å². The van der Waals surface area contributed by atoms with E-state index in [2.05, 4.69) is 29.3 Å². The van der Waals surface area contributed by atoms with E-state index in [1.807, 2.05) is 0 Å². The van der Waals surface area contributed by atoms with Gasteiger partial charge in [0.25, 0.3) is 0 Å². The molecule has 0 amide bonds. The summed E-state index contributed by atoms with van der Waals surface area (Å²) in [6.45, 7) is 3.61. The van der Waals surface area contributed by atoms with Crippen LogP contribution in [0.15, 0.2) is 22.9 Å². The summed E-state index contributed by atoms with van der Waals surface area (Å²) in [5, 5.41) is 46.0. The molecule has 1 aliphatic heterocycles. The first-order valence-electron chi connectivity index (χ1n) is 16.0. The normalized spacial score (nSPS) is 28.9. The molecule has 2 saturated carbocycles. The van der Waals surface area contributed by atoms with Crippen molar-refractivity contribution in [1.82, 2.24) is 20.2 Å². The molecular formula is C32H41F5N4O5S. The Morgan fingerprint density at radius 1 is 1.11 bits per heavy atom. The fraction of sp³-hybridized carbons (Fsp3) is 0.656. The number of methoxy groups -OCH3 is 1. The molecule has 3 aromatic rings. The van der Waals surface area contributed by atoms with Crippen LogP contribution in [0.4, 0.5) is 22.0 Å². The van der Waals surface area contributed by atoms with Crippen molar-refractivity contribution in [2.45, 2.75) is 105 Å². The highest BCUT2D eigenvalue weighted by molar-refractivity contribution is 8.18. The third-order valence-electron chi connectivity index (χ3n) is 9.88. The van der Waals surface area contributed by atoms with Gasteiger partial charge in [-0.3, -0.25) is 0 Å². The van der Waals surface area contributed by atoms with Gasteiger partial charge < -0.3 is 24.6 Å². The Hall–Kier alpha value is -2.59. The number of alkyl halides is 2. The van der Waals surface area contributed by atoms with Crippen LogP contribution in [-0.4, -0.2) is 83.9 Å². The Labute approximate surface area is 271 Å². The van der Waals surface area contributed by atoms with E-state index in [4.69, 9.17) is 9.26 Å². The summed E-state index contributed by atoms with van der Waals surface area (Å²) in [5.74, 6) is -5.94. The molecule has 3 heterocycles. The van der Waals surface area contributed by atoms with Crippen LogP contribution in [0.2, 0.25) is 0 Å². The lowest BCUT2D eigenvalue weighted by Crippen LogP contribution is -2.54. The lowest BCUT2D eigenvalue weighted by molar-refractivity contribution is -0.105. The number of thiol groups is 1. The zero-order valence-electron chi connectivity index (χ0n) is 26.4. The zero-order chi connectivity index (χ0) is 33.8. The molecule has 260 valence electrons. The van der Waals surface area contributed by atoms with Crippen molar-refractivity contribution in [3.05, 3.63) is 52.8 Å². The average Bonchev–Trinajstić information content (AvgIpc) is 3.61. The molecule has 3 fully saturated rings. The van der Waals surface area contributed by atoms with E-state index in [9.17, 15) is 37.3 Å². The minimum atomic E-state index is -2.92. The van der Waals surface area contributed by atoms with Crippen molar-refractivity contribution >= 4 is 10.9 Å². The summed E-state index contributed by atoms with van der Waals surface area (Å²) in [4.78, 5) is 0. The predicted molar refractivity (Wildman–Crippen MR) is 164 cm³/mol. The summed E-state index contributed by atoms with van der Waals surface area (Å²) in [6, 6.07) is 0.650. The van der Waals surface area contributed by atoms with Gasteiger partial charge in [0.2, 0.25) is 5.92 Å². The molecule has 3 N–H and O–H groups in total. The van der Waals surface area contributed by atoms with Gasteiger partial charge in [0.1, 0.15) is 23.2 Å². The Morgan fingerprint density at radius 3 is 2.34 bits per heavy atom. The smallest absolute Gasteiger partial charge is 0.248 e. The highest BCUT2D eigenvalue weighted by Crippen LogP contribution is 2.62. The summed E-state index contributed by atoms with van der Waals surface area (Å²) < 4.78 is 83.5. The van der Waals surface area contributed by atoms with Gasteiger partial charge >= 0.3 is 0 Å². The van der Waals surface area contributed by atoms with Gasteiger partial charge in [0.05, 0.1) is 35.9 Å². The summed E-state index contributed by atoms with van der Waals surface area (Å²) in [6.07, 6.45) is 0.363. The number of hydrogen-bond donors (Lipinski definition) is 4. The van der Waals surface area contributed by atoms with Crippen molar-refractivity contribution in [1.29, 1.82) is 0 Å². The molecule has 1 saturated heterocycles. The molecule has 47 heavy (non-hydrogen) atoms. The number of hydrogen-bond acceptors (Lipinski definition) is 8. The van der Waals surface area contributed by atoms with E-state index < -0.39 is 88.1 Å². The number of nitrogens with zero attached hydrogens (tertiary/aromatic N) is 4. The van der Waals surface area contributed by atoms with Gasteiger partial charge in [0, 0.05) is 48.0 Å². The first-order valence-corrected chi connectivity index (χ1v) is 17.7. The molecule has 0 radical (unpaired) electrons. The monoisotopic (exact) mass is 688 g/mol. The van der Waals surface area contributed by atoms with Crippen molar-refractivity contribution < 1.29 is 46.5 Å². The van der Waals surface area contributed by atoms with E-state index in [0.717, 1.165) is 36.3 Å². The standard InChI is InChI=1S/C32H41F5N4O5S/c1-16(2)10-19-26(39-46-29(19)17-4-5-17)30(31(44)6-8-32(36,37)9-7-31)47-15-23(45-3)27(28(43)24(47)14-42)41-13-22(38-40-41)18-11-20(33)25(35)21(34)12-18/h11-13,16-17,23-24,27-28,30,42-44,47H,4-10,14-15H2,1-3H3/t23-,24+,27+,28-,30+/m0/s1. The molecule has 15 heteroatoms. The topological polar surface area (TPSA) is 127 Å². The summed E-state index contributed by atoms with van der Waals surface area (Å²) >= 11 is 0. The van der Waals surface area contributed by atoms with Crippen LogP contribution in [0.1, 0.15) is 86.6 Å². The molecule has 6 rings (SSSR count). The second-order valence-corrected chi connectivity index (χ2v) is 16.3. The van der Waals surface area contributed by atoms with Gasteiger partial charge in [-0.1, -0.05) is 24.2 Å². The van der Waals surface area contributed by atoms with Crippen molar-refractivity contribution in [3.8, 4) is 11.3 Å². The van der Waals surface area contributed by atoms with Crippen molar-refractivity contribution in [3.63, 3.8) is 0 Å². The minimum Gasteiger partial charge on any atom is -0.395 e. The highest BCUT2D eigenvalue weighted by atomic mass is 32.2. The number of benzene rings is 1. The molecule has 6 atom stereocenters. The van der Waals surface area contributed by atoms with Crippen LogP contribution in [0.25, 0.3) is 11.3 Å². The average molecular weight is 689 g/mol. The molecular weight excluding hydrogens is 647 g/mol. The molecule has 0 bridgehead atoms. The Kier molecular flexibility index (Phi) is 9.50. The highest BCUT2D eigenvalue weighted by Gasteiger charge is 2.55. The lowest BCUT2D eigenvalue weighted by Gasteiger charge is -2.53. The van der Waals surface area contributed by atoms with Crippen molar-refractivity contribution in [2.24, 2.45) is 5.92 Å². The van der Waals surface area contributed by atoms with Gasteiger partial charge in [-0.25, -0.2) is 37.5 Å². The molecule has 9 nitrogen and oxygen atoms in total. The van der Waals surface area contributed by atoms with Crippen LogP contribution in [0.3, 0.4) is 0 Å². The van der Waals surface area contributed by atoms with E-state index in [0.29, 0.717) is 12.1 Å². The maximum atomic E-state index is 14.5. The zero-order valence-corrected chi connectivity index (χ0v) is 27.3. The van der Waals surface area contributed by atoms with Crippen molar-refractivity contribution in [2.75, 3.05) is 19.5 Å². The molecule has 3 aliphatic rings. The number of aliphatic hydroxyl groups is 3. The summed E-state index contributed by atoms with van der Waals surface area (Å²) in [7, 11) is -0.159. The first-order chi connectivity index (χ1) is 22.3. The maximum Gasteiger partial charge on any atom is 0.248 e. The van der Waals surface area contributed by atoms with Crippen LogP contribution < -0.4 is 0 Å². The second kappa shape index (κ2) is 13.0. The molecule has 2 aromatic heterocycles. The third-order valence-corrected chi connectivity index (χ3v) is 13.4. The fourth-order valence-corrected chi connectivity index (χ4v) is 11.1. The lowest BCUT2D eigenvalue weighted by atomic mass is 9.78. The van der Waals surface area contributed by atoms with E-state index in [-0.39, 0.29) is 41.7 Å². The van der Waals surface area contributed by atoms with E-state index >= 15 is 0 Å². The molecule has 0 spiro atoms. The molecule has 1 unspecified atom stereocenters. The second-order valence-electron chi connectivity index (χ2n) is 13.7. The summed E-state index contributed by atoms with van der Waals surface area (Å²) in [5.41, 5.74) is -0.294. The Balaban J connectivity index is 1.39. The number of ether oxygens (including phenoxy) is 1. The van der Waals surface area contributed by atoms with Crippen LogP contribution in [0.5, 0.6) is 0 Å².